The first-order valence-corrected chi connectivity index (χ1v) is 11.7. The van der Waals surface area contributed by atoms with E-state index in [9.17, 15) is 0 Å². The highest BCUT2D eigenvalue weighted by molar-refractivity contribution is 5.13. The van der Waals surface area contributed by atoms with E-state index in [0.29, 0.717) is 12.6 Å². The second kappa shape index (κ2) is 16.8. The van der Waals surface area contributed by atoms with Crippen molar-refractivity contribution in [2.75, 3.05) is 6.54 Å². The van der Waals surface area contributed by atoms with Gasteiger partial charge in [-0.3, -0.25) is 5.32 Å². The fraction of sp³-hybridized carbons (Fsp3) is 0.750. The van der Waals surface area contributed by atoms with Crippen LogP contribution in [0, 0.1) is 0 Å². The van der Waals surface area contributed by atoms with Crippen LogP contribution in [-0.4, -0.2) is 31.0 Å². The summed E-state index contributed by atoms with van der Waals surface area (Å²) in [6, 6.07) is 10.8. The van der Waals surface area contributed by atoms with Gasteiger partial charge in [0.05, 0.1) is 25.0 Å². The summed E-state index contributed by atoms with van der Waals surface area (Å²) in [7, 11) is 0. The Hall–Kier alpha value is -0.980. The Morgan fingerprint density at radius 2 is 1.55 bits per heavy atom. The third-order valence-electron chi connectivity index (χ3n) is 5.30. The van der Waals surface area contributed by atoms with Crippen LogP contribution in [0.2, 0.25) is 0 Å². The smallest absolute Gasteiger partial charge is 0.0720 e. The van der Waals surface area contributed by atoms with E-state index in [2.05, 4.69) is 55.7 Å². The molecule has 0 aromatic heterocycles. The summed E-state index contributed by atoms with van der Waals surface area (Å²) in [5.41, 5.74) is 13.7. The van der Waals surface area contributed by atoms with Gasteiger partial charge in [-0.2, -0.15) is 0 Å². The van der Waals surface area contributed by atoms with E-state index in [-0.39, 0.29) is 18.4 Å². The van der Waals surface area contributed by atoms with Crippen LogP contribution < -0.4 is 22.1 Å². The number of ether oxygens (including phenoxy) is 1. The van der Waals surface area contributed by atoms with Crippen LogP contribution >= 0.6 is 0 Å². The van der Waals surface area contributed by atoms with Crippen LogP contribution in [-0.2, 0) is 11.3 Å². The van der Waals surface area contributed by atoms with Gasteiger partial charge in [0.2, 0.25) is 0 Å². The molecule has 1 aromatic carbocycles. The molecular formula is C24H46N4O. The number of unbranched alkanes of at least 4 members (excludes halogenated alkanes) is 1. The van der Waals surface area contributed by atoms with Crippen molar-refractivity contribution in [1.82, 2.24) is 10.6 Å². The van der Waals surface area contributed by atoms with Gasteiger partial charge in [0, 0.05) is 6.04 Å². The maximum absolute atomic E-state index is 6.34. The SMILES string of the molecule is CCCCC(CC(CCNC(N)CCC)NC(N)CCC)OCc1ccccc1. The van der Waals surface area contributed by atoms with Gasteiger partial charge < -0.3 is 21.5 Å². The minimum absolute atomic E-state index is 0.0373. The minimum Gasteiger partial charge on any atom is -0.373 e. The fourth-order valence-electron chi connectivity index (χ4n) is 3.63. The second-order valence-electron chi connectivity index (χ2n) is 8.19. The van der Waals surface area contributed by atoms with E-state index in [1.165, 1.54) is 18.4 Å². The first-order chi connectivity index (χ1) is 14.1. The van der Waals surface area contributed by atoms with Gasteiger partial charge in [-0.15, -0.1) is 0 Å². The van der Waals surface area contributed by atoms with Crippen molar-refractivity contribution in [1.29, 1.82) is 0 Å². The van der Waals surface area contributed by atoms with Gasteiger partial charge in [0.25, 0.3) is 0 Å². The van der Waals surface area contributed by atoms with E-state index in [0.717, 1.165) is 51.5 Å². The summed E-state index contributed by atoms with van der Waals surface area (Å²) >= 11 is 0. The van der Waals surface area contributed by atoms with Crippen molar-refractivity contribution in [3.05, 3.63) is 35.9 Å². The molecule has 29 heavy (non-hydrogen) atoms. The summed E-state index contributed by atoms with van der Waals surface area (Å²) in [6.07, 6.45) is 9.99. The van der Waals surface area contributed by atoms with Gasteiger partial charge in [0.1, 0.15) is 0 Å². The molecule has 0 radical (unpaired) electrons. The van der Waals surface area contributed by atoms with Crippen molar-refractivity contribution in [2.45, 2.75) is 110 Å². The molecule has 4 unspecified atom stereocenters. The lowest BCUT2D eigenvalue weighted by molar-refractivity contribution is 0.0199. The van der Waals surface area contributed by atoms with Gasteiger partial charge >= 0.3 is 0 Å². The summed E-state index contributed by atoms with van der Waals surface area (Å²) in [4.78, 5) is 0. The van der Waals surface area contributed by atoms with Crippen molar-refractivity contribution in [3.8, 4) is 0 Å². The first kappa shape index (κ1) is 26.1. The average molecular weight is 407 g/mol. The zero-order valence-corrected chi connectivity index (χ0v) is 19.0. The largest absolute Gasteiger partial charge is 0.373 e. The Morgan fingerprint density at radius 1 is 0.862 bits per heavy atom. The molecule has 0 aliphatic rings. The molecule has 0 aliphatic heterocycles. The van der Waals surface area contributed by atoms with Crippen molar-refractivity contribution in [3.63, 3.8) is 0 Å². The molecule has 0 bridgehead atoms. The Morgan fingerprint density at radius 3 is 2.21 bits per heavy atom. The van der Waals surface area contributed by atoms with E-state index < -0.39 is 0 Å². The number of nitrogens with two attached hydrogens (primary N) is 2. The third kappa shape index (κ3) is 13.0. The summed E-state index contributed by atoms with van der Waals surface area (Å²) < 4.78 is 6.34. The monoisotopic (exact) mass is 406 g/mol. The zero-order chi connectivity index (χ0) is 21.3. The lowest BCUT2D eigenvalue weighted by atomic mass is 10.0. The highest BCUT2D eigenvalue weighted by Gasteiger charge is 2.19. The van der Waals surface area contributed by atoms with Crippen LogP contribution in [0.3, 0.4) is 0 Å². The average Bonchev–Trinajstić information content (AvgIpc) is 2.71. The van der Waals surface area contributed by atoms with Gasteiger partial charge in [-0.05, 0) is 44.2 Å². The van der Waals surface area contributed by atoms with Gasteiger partial charge in [-0.1, -0.05) is 76.8 Å². The highest BCUT2D eigenvalue weighted by atomic mass is 16.5. The Balaban J connectivity index is 2.63. The van der Waals surface area contributed by atoms with Crippen LogP contribution in [0.15, 0.2) is 30.3 Å². The predicted molar refractivity (Wildman–Crippen MR) is 124 cm³/mol. The number of hydrogen-bond donors (Lipinski definition) is 4. The maximum atomic E-state index is 6.34. The topological polar surface area (TPSA) is 85.3 Å². The minimum atomic E-state index is 0.0373. The van der Waals surface area contributed by atoms with Crippen LogP contribution in [0.25, 0.3) is 0 Å². The maximum Gasteiger partial charge on any atom is 0.0720 e. The molecule has 0 heterocycles. The number of hydrogen-bond acceptors (Lipinski definition) is 5. The molecule has 4 atom stereocenters. The van der Waals surface area contributed by atoms with Crippen molar-refractivity contribution >= 4 is 0 Å². The van der Waals surface area contributed by atoms with E-state index in [1.807, 2.05) is 6.07 Å². The molecule has 1 rings (SSSR count). The molecule has 0 spiro atoms. The normalized spacial score (nSPS) is 15.8. The molecule has 5 nitrogen and oxygen atoms in total. The summed E-state index contributed by atoms with van der Waals surface area (Å²) in [5, 5.41) is 7.10. The molecule has 6 N–H and O–H groups in total. The Kier molecular flexibility index (Phi) is 15.1. The quantitative estimate of drug-likeness (QED) is 0.274. The standard InChI is InChI=1S/C24H46N4O/c1-4-7-15-22(29-19-20-13-9-8-10-14-20)18-21(28-24(26)12-6-3)16-17-27-23(25)11-5-2/h8-10,13-14,21-24,27-28H,4-7,11-12,15-19,25-26H2,1-3H3. The van der Waals surface area contributed by atoms with E-state index in [1.54, 1.807) is 0 Å². The van der Waals surface area contributed by atoms with Crippen molar-refractivity contribution < 1.29 is 4.74 Å². The van der Waals surface area contributed by atoms with Crippen LogP contribution in [0.4, 0.5) is 0 Å². The van der Waals surface area contributed by atoms with E-state index >= 15 is 0 Å². The molecule has 0 amide bonds. The lowest BCUT2D eigenvalue weighted by Crippen LogP contribution is -2.47. The summed E-state index contributed by atoms with van der Waals surface area (Å²) in [6.45, 7) is 8.15. The first-order valence-electron chi connectivity index (χ1n) is 11.7. The molecule has 0 saturated heterocycles. The van der Waals surface area contributed by atoms with E-state index in [4.69, 9.17) is 16.2 Å². The predicted octanol–water partition coefficient (Wildman–Crippen LogP) is 4.26. The summed E-state index contributed by atoms with van der Waals surface area (Å²) in [5.74, 6) is 0. The van der Waals surface area contributed by atoms with Crippen molar-refractivity contribution in [2.24, 2.45) is 11.5 Å². The highest BCUT2D eigenvalue weighted by Crippen LogP contribution is 2.16. The van der Waals surface area contributed by atoms with Crippen LogP contribution in [0.5, 0.6) is 0 Å². The number of benzene rings is 1. The molecule has 1 aromatic rings. The molecule has 0 saturated carbocycles. The molecular weight excluding hydrogens is 360 g/mol. The third-order valence-corrected chi connectivity index (χ3v) is 5.30. The second-order valence-corrected chi connectivity index (χ2v) is 8.19. The zero-order valence-electron chi connectivity index (χ0n) is 19.0. The lowest BCUT2D eigenvalue weighted by Gasteiger charge is -2.28. The molecule has 0 fully saturated rings. The molecule has 168 valence electrons. The fourth-order valence-corrected chi connectivity index (χ4v) is 3.63. The number of rotatable bonds is 18. The van der Waals surface area contributed by atoms with Crippen LogP contribution in [0.1, 0.15) is 84.1 Å². The van der Waals surface area contributed by atoms with Gasteiger partial charge in [-0.25, -0.2) is 0 Å². The number of nitrogens with one attached hydrogen (secondary N) is 2. The van der Waals surface area contributed by atoms with Gasteiger partial charge in [0.15, 0.2) is 0 Å². The molecule has 5 heteroatoms. The Bertz CT molecular complexity index is 485. The Labute approximate surface area is 179 Å². The molecule has 0 aliphatic carbocycles.